The van der Waals surface area contributed by atoms with E-state index in [0.717, 1.165) is 7.11 Å². The first kappa shape index (κ1) is 12.2. The number of nitro benzene ring substituents is 1. The zero-order chi connectivity index (χ0) is 12.5. The van der Waals surface area contributed by atoms with Gasteiger partial charge < -0.3 is 4.74 Å². The first-order chi connectivity index (χ1) is 7.27. The van der Waals surface area contributed by atoms with Gasteiger partial charge >= 0.3 is 6.18 Å². The van der Waals surface area contributed by atoms with Crippen LogP contribution in [0.3, 0.4) is 0 Å². The Labute approximate surface area is 86.6 Å². The van der Waals surface area contributed by atoms with Crippen molar-refractivity contribution in [2.75, 3.05) is 7.11 Å². The van der Waals surface area contributed by atoms with Crippen LogP contribution in [0.1, 0.15) is 5.56 Å². The van der Waals surface area contributed by atoms with E-state index in [-0.39, 0.29) is 6.07 Å². The summed E-state index contributed by atoms with van der Waals surface area (Å²) in [7, 11) is 0.995. The normalized spacial score (nSPS) is 11.3. The molecule has 1 rings (SSSR count). The Morgan fingerprint density at radius 3 is 2.31 bits per heavy atom. The van der Waals surface area contributed by atoms with Gasteiger partial charge in [0.2, 0.25) is 0 Å². The van der Waals surface area contributed by atoms with Crippen molar-refractivity contribution >= 4 is 5.69 Å². The first-order valence-corrected chi connectivity index (χ1v) is 3.86. The SMILES string of the molecule is COc1cc([N+](=O)[O-])c(C(F)(F)F)cc1F. The van der Waals surface area contributed by atoms with E-state index in [1.54, 1.807) is 0 Å². The van der Waals surface area contributed by atoms with Gasteiger partial charge in [-0.1, -0.05) is 0 Å². The number of alkyl halides is 3. The van der Waals surface area contributed by atoms with Crippen molar-refractivity contribution in [3.8, 4) is 5.75 Å². The Morgan fingerprint density at radius 1 is 1.38 bits per heavy atom. The summed E-state index contributed by atoms with van der Waals surface area (Å²) in [6, 6.07) is 0.440. The summed E-state index contributed by atoms with van der Waals surface area (Å²) in [4.78, 5) is 9.13. The van der Waals surface area contributed by atoms with E-state index in [4.69, 9.17) is 0 Å². The summed E-state index contributed by atoms with van der Waals surface area (Å²) in [5.41, 5.74) is -2.89. The molecule has 0 aliphatic carbocycles. The first-order valence-electron chi connectivity index (χ1n) is 3.86. The summed E-state index contributed by atoms with van der Waals surface area (Å²) in [5, 5.41) is 10.4. The number of nitro groups is 1. The molecule has 0 spiro atoms. The van der Waals surface area contributed by atoms with Crippen molar-refractivity contribution in [1.82, 2.24) is 0 Å². The molecule has 8 heteroatoms. The molecule has 88 valence electrons. The molecule has 16 heavy (non-hydrogen) atoms. The number of methoxy groups -OCH3 is 1. The highest BCUT2D eigenvalue weighted by molar-refractivity contribution is 5.48. The van der Waals surface area contributed by atoms with Gasteiger partial charge in [0.05, 0.1) is 18.1 Å². The number of hydrogen-bond acceptors (Lipinski definition) is 3. The van der Waals surface area contributed by atoms with Crippen LogP contribution in [0.4, 0.5) is 23.2 Å². The van der Waals surface area contributed by atoms with Crippen molar-refractivity contribution < 1.29 is 27.2 Å². The zero-order valence-corrected chi connectivity index (χ0v) is 7.84. The molecule has 0 aliphatic heterocycles. The summed E-state index contributed by atoms with van der Waals surface area (Å²) >= 11 is 0. The van der Waals surface area contributed by atoms with Crippen LogP contribution in [0, 0.1) is 15.9 Å². The molecule has 0 N–H and O–H groups in total. The van der Waals surface area contributed by atoms with Crippen LogP contribution < -0.4 is 4.74 Å². The third-order valence-electron chi connectivity index (χ3n) is 1.77. The van der Waals surface area contributed by atoms with Crippen molar-refractivity contribution in [3.63, 3.8) is 0 Å². The second-order valence-electron chi connectivity index (χ2n) is 2.76. The maximum Gasteiger partial charge on any atom is 0.423 e. The van der Waals surface area contributed by atoms with Crippen LogP contribution in [-0.4, -0.2) is 12.0 Å². The maximum atomic E-state index is 13.0. The van der Waals surface area contributed by atoms with Crippen LogP contribution in [0.5, 0.6) is 5.75 Å². The Kier molecular flexibility index (Phi) is 3.02. The molecule has 0 saturated carbocycles. The van der Waals surface area contributed by atoms with Gasteiger partial charge in [-0.05, 0) is 6.07 Å². The van der Waals surface area contributed by atoms with Crippen LogP contribution in [-0.2, 0) is 6.18 Å². The smallest absolute Gasteiger partial charge is 0.423 e. The number of halogens is 4. The van der Waals surface area contributed by atoms with Crippen molar-refractivity contribution in [2.24, 2.45) is 0 Å². The summed E-state index contributed by atoms with van der Waals surface area (Å²) < 4.78 is 54.3. The van der Waals surface area contributed by atoms with Crippen LogP contribution in [0.25, 0.3) is 0 Å². The van der Waals surface area contributed by atoms with E-state index >= 15 is 0 Å². The van der Waals surface area contributed by atoms with Gasteiger partial charge in [0.1, 0.15) is 5.56 Å². The van der Waals surface area contributed by atoms with Crippen LogP contribution in [0.15, 0.2) is 12.1 Å². The number of nitrogens with zero attached hydrogens (tertiary/aromatic N) is 1. The quantitative estimate of drug-likeness (QED) is 0.453. The lowest BCUT2D eigenvalue weighted by Crippen LogP contribution is -2.10. The lowest BCUT2D eigenvalue weighted by Gasteiger charge is -2.09. The maximum absolute atomic E-state index is 13.0. The molecule has 1 aromatic rings. The summed E-state index contributed by atoms with van der Waals surface area (Å²) in [5.74, 6) is -1.92. The van der Waals surface area contributed by atoms with Crippen molar-refractivity contribution in [2.45, 2.75) is 6.18 Å². The van der Waals surface area contributed by atoms with E-state index in [2.05, 4.69) is 4.74 Å². The van der Waals surface area contributed by atoms with Gasteiger partial charge in [-0.3, -0.25) is 10.1 Å². The highest BCUT2D eigenvalue weighted by Crippen LogP contribution is 2.39. The van der Waals surface area contributed by atoms with Gasteiger partial charge in [-0.15, -0.1) is 0 Å². The standard InChI is InChI=1S/C8H5F4NO3/c1-16-7-3-6(13(14)15)4(2-5(7)9)8(10,11)12/h2-3H,1H3. The minimum atomic E-state index is -4.99. The molecule has 1 aromatic carbocycles. The minimum absolute atomic E-state index is 0.0387. The Bertz CT molecular complexity index is 430. The van der Waals surface area contributed by atoms with E-state index in [1.807, 2.05) is 0 Å². The monoisotopic (exact) mass is 239 g/mol. The molecule has 0 radical (unpaired) electrons. The number of rotatable bonds is 2. The molecule has 0 bridgehead atoms. The van der Waals surface area contributed by atoms with E-state index < -0.39 is 33.9 Å². The second kappa shape index (κ2) is 3.95. The lowest BCUT2D eigenvalue weighted by molar-refractivity contribution is -0.388. The third-order valence-corrected chi connectivity index (χ3v) is 1.77. The fourth-order valence-corrected chi connectivity index (χ4v) is 1.08. The average molecular weight is 239 g/mol. The molecule has 0 amide bonds. The minimum Gasteiger partial charge on any atom is -0.493 e. The second-order valence-corrected chi connectivity index (χ2v) is 2.76. The van der Waals surface area contributed by atoms with Gasteiger partial charge in [-0.2, -0.15) is 13.2 Å². The highest BCUT2D eigenvalue weighted by Gasteiger charge is 2.39. The lowest BCUT2D eigenvalue weighted by atomic mass is 10.1. The molecule has 0 aromatic heterocycles. The molecule has 0 atom stereocenters. The topological polar surface area (TPSA) is 52.4 Å². The highest BCUT2D eigenvalue weighted by atomic mass is 19.4. The molecule has 4 nitrogen and oxygen atoms in total. The Balaban J connectivity index is 3.49. The molecule has 0 aliphatic rings. The van der Waals surface area contributed by atoms with Crippen molar-refractivity contribution in [1.29, 1.82) is 0 Å². The molecular weight excluding hydrogens is 234 g/mol. The largest absolute Gasteiger partial charge is 0.493 e. The fourth-order valence-electron chi connectivity index (χ4n) is 1.08. The predicted molar refractivity (Wildman–Crippen MR) is 44.6 cm³/mol. The number of benzene rings is 1. The third kappa shape index (κ3) is 2.20. The van der Waals surface area contributed by atoms with Gasteiger partial charge in [0.25, 0.3) is 5.69 Å². The van der Waals surface area contributed by atoms with Crippen LogP contribution in [0.2, 0.25) is 0 Å². The van der Waals surface area contributed by atoms with Crippen molar-refractivity contribution in [3.05, 3.63) is 33.6 Å². The number of ether oxygens (including phenoxy) is 1. The van der Waals surface area contributed by atoms with E-state index in [0.29, 0.717) is 6.07 Å². The fraction of sp³-hybridized carbons (Fsp3) is 0.250. The van der Waals surface area contributed by atoms with Gasteiger partial charge in [-0.25, -0.2) is 4.39 Å². The predicted octanol–water partition coefficient (Wildman–Crippen LogP) is 2.76. The Morgan fingerprint density at radius 2 is 1.94 bits per heavy atom. The molecule has 0 heterocycles. The summed E-state index contributed by atoms with van der Waals surface area (Å²) in [6.45, 7) is 0. The van der Waals surface area contributed by atoms with Crippen LogP contribution >= 0.6 is 0 Å². The number of hydrogen-bond donors (Lipinski definition) is 0. The zero-order valence-electron chi connectivity index (χ0n) is 7.84. The summed E-state index contributed by atoms with van der Waals surface area (Å²) in [6.07, 6.45) is -4.99. The molecule has 0 saturated heterocycles. The van der Waals surface area contributed by atoms with E-state index in [9.17, 15) is 27.7 Å². The average Bonchev–Trinajstić information content (AvgIpc) is 2.15. The molecular formula is C8H5F4NO3. The van der Waals surface area contributed by atoms with E-state index in [1.165, 1.54) is 0 Å². The molecule has 0 unspecified atom stereocenters. The Hall–Kier alpha value is -1.86. The molecule has 0 fully saturated rings. The van der Waals surface area contributed by atoms with Gasteiger partial charge in [0.15, 0.2) is 11.6 Å². The van der Waals surface area contributed by atoms with Gasteiger partial charge in [0, 0.05) is 0 Å².